The number of hydrogen-bond donors (Lipinski definition) is 1. The topological polar surface area (TPSA) is 105 Å². The van der Waals surface area contributed by atoms with Crippen molar-refractivity contribution in [2.24, 2.45) is 4.99 Å². The number of thioether (sulfide) groups is 1. The van der Waals surface area contributed by atoms with Crippen LogP contribution in [0.1, 0.15) is 49.4 Å². The molecule has 0 bridgehead atoms. The van der Waals surface area contributed by atoms with Crippen LogP contribution in [0, 0.1) is 6.92 Å². The average Bonchev–Trinajstić information content (AvgIpc) is 3.58. The molecular formula is C32H32F3N7O3S. The smallest absolute Gasteiger partial charge is 0.370 e. The van der Waals surface area contributed by atoms with Gasteiger partial charge in [0.25, 0.3) is 0 Å². The third kappa shape index (κ3) is 7.40. The predicted octanol–water partition coefficient (Wildman–Crippen LogP) is 7.02. The lowest BCUT2D eigenvalue weighted by molar-refractivity contribution is -0.278. The summed E-state index contributed by atoms with van der Waals surface area (Å²) in [5, 5.41) is 6.14. The summed E-state index contributed by atoms with van der Waals surface area (Å²) in [4.78, 5) is 35.6. The third-order valence-corrected chi connectivity index (χ3v) is 8.22. The van der Waals surface area contributed by atoms with E-state index in [1.807, 2.05) is 45.9 Å². The van der Waals surface area contributed by atoms with Gasteiger partial charge in [-0.3, -0.25) is 15.1 Å². The van der Waals surface area contributed by atoms with Crippen LogP contribution in [-0.4, -0.2) is 56.0 Å². The van der Waals surface area contributed by atoms with Gasteiger partial charge in [0, 0.05) is 12.6 Å². The summed E-state index contributed by atoms with van der Waals surface area (Å²) in [7, 11) is 1.68. The lowest BCUT2D eigenvalue weighted by Crippen LogP contribution is -2.40. The number of aliphatic imine (C=N–C) groups is 1. The van der Waals surface area contributed by atoms with E-state index in [1.54, 1.807) is 66.7 Å². The van der Waals surface area contributed by atoms with E-state index in [-0.39, 0.29) is 29.4 Å². The van der Waals surface area contributed by atoms with Crippen LogP contribution in [0.2, 0.25) is 0 Å². The summed E-state index contributed by atoms with van der Waals surface area (Å²) in [5.74, 6) is 0.236. The van der Waals surface area contributed by atoms with Gasteiger partial charge in [0.05, 0.1) is 23.2 Å². The SMILES string of the molecule is Cc1ccc(C(C)C)c(N2C(=O)CS/C2=N\C(=O)NN(C)C(C)c2ccc(-c3nc(OC(F)(F)F)n(-c4ccccc4)n3)cc2)c1. The number of amides is 3. The minimum atomic E-state index is -4.95. The fourth-order valence-electron chi connectivity index (χ4n) is 4.84. The molecule has 1 aromatic heterocycles. The molecule has 0 aliphatic carbocycles. The number of rotatable bonds is 8. The van der Waals surface area contributed by atoms with Crippen molar-refractivity contribution >= 4 is 34.6 Å². The maximum absolute atomic E-state index is 13.1. The number of hydrazine groups is 1. The largest absolute Gasteiger partial charge is 0.575 e. The van der Waals surface area contributed by atoms with Crippen LogP contribution < -0.4 is 15.1 Å². The van der Waals surface area contributed by atoms with Gasteiger partial charge >= 0.3 is 18.4 Å². The molecule has 3 aromatic carbocycles. The molecule has 2 heterocycles. The summed E-state index contributed by atoms with van der Waals surface area (Å²) < 4.78 is 44.4. The quantitative estimate of drug-likeness (QED) is 0.204. The molecule has 4 aromatic rings. The van der Waals surface area contributed by atoms with E-state index in [0.717, 1.165) is 27.1 Å². The number of halogens is 3. The first kappa shape index (κ1) is 32.7. The standard InChI is InChI=1S/C32H32F3N7O3S/c1-19(2)25-16-11-20(3)17-26(25)41-27(43)18-46-31(41)37-29(44)39-40(5)21(4)22-12-14-23(15-13-22)28-36-30(45-32(33,34)35)42(38-28)24-9-7-6-8-10-24/h6-17,19,21H,18H2,1-5H3,(H,39,44)/b37-31-. The van der Waals surface area contributed by atoms with Crippen LogP contribution in [0.4, 0.5) is 23.7 Å². The Labute approximate surface area is 268 Å². The highest BCUT2D eigenvalue weighted by Gasteiger charge is 2.35. The molecule has 240 valence electrons. The summed E-state index contributed by atoms with van der Waals surface area (Å²) in [6.07, 6.45) is -4.95. The summed E-state index contributed by atoms with van der Waals surface area (Å²) in [6, 6.07) is 19.4. The Kier molecular flexibility index (Phi) is 9.49. The molecule has 10 nitrogen and oxygen atoms in total. The van der Waals surface area contributed by atoms with E-state index in [0.29, 0.717) is 16.4 Å². The molecule has 1 atom stereocenters. The zero-order chi connectivity index (χ0) is 33.2. The normalized spacial score (nSPS) is 15.2. The van der Waals surface area contributed by atoms with E-state index >= 15 is 0 Å². The van der Waals surface area contributed by atoms with E-state index < -0.39 is 18.4 Å². The fourth-order valence-corrected chi connectivity index (χ4v) is 5.70. The number of ether oxygens (including phenoxy) is 1. The monoisotopic (exact) mass is 651 g/mol. The van der Waals surface area contributed by atoms with Crippen LogP contribution in [0.25, 0.3) is 17.1 Å². The molecule has 46 heavy (non-hydrogen) atoms. The molecule has 1 fully saturated rings. The van der Waals surface area contributed by atoms with Crippen molar-refractivity contribution in [3.05, 3.63) is 89.5 Å². The Morgan fingerprint density at radius 1 is 1.07 bits per heavy atom. The minimum Gasteiger partial charge on any atom is -0.370 e. The van der Waals surface area contributed by atoms with Crippen LogP contribution in [0.3, 0.4) is 0 Å². The highest BCUT2D eigenvalue weighted by atomic mass is 32.2. The Morgan fingerprint density at radius 2 is 1.76 bits per heavy atom. The average molecular weight is 652 g/mol. The maximum atomic E-state index is 13.1. The van der Waals surface area contributed by atoms with Crippen molar-refractivity contribution < 1.29 is 27.5 Å². The Balaban J connectivity index is 1.31. The molecule has 0 spiro atoms. The summed E-state index contributed by atoms with van der Waals surface area (Å²) in [5.41, 5.74) is 7.05. The van der Waals surface area contributed by atoms with Crippen LogP contribution in [0.15, 0.2) is 77.8 Å². The van der Waals surface area contributed by atoms with Crippen molar-refractivity contribution in [3.63, 3.8) is 0 Å². The van der Waals surface area contributed by atoms with Gasteiger partial charge in [-0.25, -0.2) is 9.80 Å². The Hall–Kier alpha value is -4.69. The van der Waals surface area contributed by atoms with E-state index in [4.69, 9.17) is 0 Å². The molecule has 1 saturated heterocycles. The van der Waals surface area contributed by atoms with Gasteiger partial charge in [0.15, 0.2) is 11.0 Å². The van der Waals surface area contributed by atoms with Gasteiger partial charge in [-0.15, -0.1) is 18.3 Å². The third-order valence-electron chi connectivity index (χ3n) is 7.30. The molecule has 3 amide bonds. The number of para-hydroxylation sites is 1. The summed E-state index contributed by atoms with van der Waals surface area (Å²) in [6.45, 7) is 7.90. The number of alkyl halides is 3. The van der Waals surface area contributed by atoms with Crippen molar-refractivity contribution in [3.8, 4) is 23.1 Å². The number of nitrogens with zero attached hydrogens (tertiary/aromatic N) is 6. The number of carbonyl (C=O) groups is 2. The Morgan fingerprint density at radius 3 is 2.41 bits per heavy atom. The van der Waals surface area contributed by atoms with Gasteiger partial charge in [0.2, 0.25) is 5.91 Å². The zero-order valence-corrected chi connectivity index (χ0v) is 26.6. The number of aryl methyl sites for hydroxylation is 1. The van der Waals surface area contributed by atoms with Gasteiger partial charge < -0.3 is 4.74 Å². The van der Waals surface area contributed by atoms with Gasteiger partial charge in [-0.1, -0.05) is 80.2 Å². The van der Waals surface area contributed by atoms with Crippen LogP contribution in [0.5, 0.6) is 6.01 Å². The van der Waals surface area contributed by atoms with Crippen molar-refractivity contribution in [2.45, 2.75) is 46.0 Å². The second kappa shape index (κ2) is 13.3. The number of anilines is 1. The number of amidine groups is 1. The van der Waals surface area contributed by atoms with E-state index in [2.05, 4.69) is 25.2 Å². The molecule has 1 unspecified atom stereocenters. The molecule has 5 rings (SSSR count). The summed E-state index contributed by atoms with van der Waals surface area (Å²) >= 11 is 1.21. The fraction of sp³-hybridized carbons (Fsp3) is 0.281. The lowest BCUT2D eigenvalue weighted by Gasteiger charge is -2.25. The number of aromatic nitrogens is 3. The minimum absolute atomic E-state index is 0.0437. The Bertz CT molecular complexity index is 1760. The number of nitrogens with one attached hydrogen (secondary N) is 1. The molecule has 0 radical (unpaired) electrons. The molecule has 1 N–H and O–H groups in total. The number of benzene rings is 3. The molecule has 1 aliphatic heterocycles. The number of carbonyl (C=O) groups excluding carboxylic acids is 2. The van der Waals surface area contributed by atoms with Gasteiger partial charge in [0.1, 0.15) is 0 Å². The lowest BCUT2D eigenvalue weighted by atomic mass is 9.99. The van der Waals surface area contributed by atoms with Gasteiger partial charge in [-0.2, -0.15) is 14.7 Å². The number of hydrogen-bond acceptors (Lipinski definition) is 7. The zero-order valence-electron chi connectivity index (χ0n) is 25.7. The highest BCUT2D eigenvalue weighted by Crippen LogP contribution is 2.34. The van der Waals surface area contributed by atoms with Crippen molar-refractivity contribution in [1.82, 2.24) is 25.2 Å². The second-order valence-corrected chi connectivity index (χ2v) is 11.9. The first-order chi connectivity index (χ1) is 21.8. The highest BCUT2D eigenvalue weighted by molar-refractivity contribution is 8.15. The molecule has 14 heteroatoms. The first-order valence-corrected chi connectivity index (χ1v) is 15.4. The predicted molar refractivity (Wildman–Crippen MR) is 171 cm³/mol. The van der Waals surface area contributed by atoms with Crippen LogP contribution >= 0.6 is 11.8 Å². The van der Waals surface area contributed by atoms with Gasteiger partial charge in [-0.05, 0) is 54.7 Å². The van der Waals surface area contributed by atoms with E-state index in [9.17, 15) is 22.8 Å². The van der Waals surface area contributed by atoms with Crippen molar-refractivity contribution in [2.75, 3.05) is 17.7 Å². The van der Waals surface area contributed by atoms with E-state index in [1.165, 1.54) is 16.7 Å². The first-order valence-electron chi connectivity index (χ1n) is 14.4. The maximum Gasteiger partial charge on any atom is 0.575 e. The van der Waals surface area contributed by atoms with Crippen LogP contribution in [-0.2, 0) is 4.79 Å². The molecule has 1 aliphatic rings. The number of urea groups is 1. The second-order valence-electron chi connectivity index (χ2n) is 11.0. The molecule has 0 saturated carbocycles. The molecular weight excluding hydrogens is 619 g/mol. The van der Waals surface area contributed by atoms with Crippen molar-refractivity contribution in [1.29, 1.82) is 0 Å².